The molecule has 18 heavy (non-hydrogen) atoms. The van der Waals surface area contributed by atoms with Gasteiger partial charge in [-0.25, -0.2) is 0 Å². The molecule has 0 aliphatic carbocycles. The standard InChI is InChI=1S/C14H10BrClO2/c1-9-2-5-13(16)14(6-9)18-11-4-3-10(8-17)12(15)7-11/h2-8H,1H3. The van der Waals surface area contributed by atoms with Crippen molar-refractivity contribution in [1.29, 1.82) is 0 Å². The normalized spacial score (nSPS) is 10.2. The zero-order valence-corrected chi connectivity index (χ0v) is 12.0. The van der Waals surface area contributed by atoms with Gasteiger partial charge in [-0.3, -0.25) is 4.79 Å². The Bertz CT molecular complexity index is 596. The molecule has 0 fully saturated rings. The summed E-state index contributed by atoms with van der Waals surface area (Å²) in [6, 6.07) is 10.7. The van der Waals surface area contributed by atoms with Gasteiger partial charge < -0.3 is 4.74 Å². The van der Waals surface area contributed by atoms with E-state index in [0.29, 0.717) is 26.6 Å². The Hall–Kier alpha value is -1.32. The number of ether oxygens (including phenoxy) is 1. The van der Waals surface area contributed by atoms with Crippen molar-refractivity contribution in [3.63, 3.8) is 0 Å². The summed E-state index contributed by atoms with van der Waals surface area (Å²) >= 11 is 9.36. The van der Waals surface area contributed by atoms with Crippen LogP contribution in [0.1, 0.15) is 15.9 Å². The SMILES string of the molecule is Cc1ccc(Cl)c(Oc2ccc(C=O)c(Br)c2)c1. The van der Waals surface area contributed by atoms with Crippen LogP contribution >= 0.6 is 27.5 Å². The first kappa shape index (κ1) is 13.1. The highest BCUT2D eigenvalue weighted by Gasteiger charge is 2.06. The summed E-state index contributed by atoms with van der Waals surface area (Å²) in [6.45, 7) is 1.97. The zero-order valence-electron chi connectivity index (χ0n) is 9.61. The average Bonchev–Trinajstić information content (AvgIpc) is 2.34. The first-order valence-electron chi connectivity index (χ1n) is 5.29. The lowest BCUT2D eigenvalue weighted by atomic mass is 10.2. The van der Waals surface area contributed by atoms with Crippen molar-refractivity contribution in [1.82, 2.24) is 0 Å². The maximum absolute atomic E-state index is 10.7. The van der Waals surface area contributed by atoms with Crippen LogP contribution in [-0.4, -0.2) is 6.29 Å². The molecule has 0 saturated heterocycles. The summed E-state index contributed by atoms with van der Waals surface area (Å²) in [4.78, 5) is 10.7. The molecular weight excluding hydrogens is 316 g/mol. The topological polar surface area (TPSA) is 26.3 Å². The molecule has 0 N–H and O–H groups in total. The number of hydrogen-bond acceptors (Lipinski definition) is 2. The summed E-state index contributed by atoms with van der Waals surface area (Å²) in [5.74, 6) is 1.22. The van der Waals surface area contributed by atoms with E-state index in [-0.39, 0.29) is 0 Å². The van der Waals surface area contributed by atoms with E-state index in [9.17, 15) is 4.79 Å². The number of rotatable bonds is 3. The summed E-state index contributed by atoms with van der Waals surface area (Å²) < 4.78 is 6.39. The molecule has 0 aliphatic rings. The Morgan fingerprint density at radius 3 is 2.67 bits per heavy atom. The van der Waals surface area contributed by atoms with Gasteiger partial charge >= 0.3 is 0 Å². The Morgan fingerprint density at radius 2 is 2.00 bits per heavy atom. The molecule has 0 atom stereocenters. The first-order chi connectivity index (χ1) is 8.60. The molecule has 2 aromatic rings. The average molecular weight is 326 g/mol. The molecule has 0 heterocycles. The van der Waals surface area contributed by atoms with Crippen molar-refractivity contribution in [2.45, 2.75) is 6.92 Å². The van der Waals surface area contributed by atoms with Gasteiger partial charge in [-0.15, -0.1) is 0 Å². The van der Waals surface area contributed by atoms with E-state index < -0.39 is 0 Å². The third kappa shape index (κ3) is 2.92. The fraction of sp³-hybridized carbons (Fsp3) is 0.0714. The van der Waals surface area contributed by atoms with Gasteiger partial charge in [0.1, 0.15) is 11.5 Å². The molecule has 0 unspecified atom stereocenters. The second-order valence-corrected chi connectivity index (χ2v) is 5.10. The molecule has 0 saturated carbocycles. The lowest BCUT2D eigenvalue weighted by Crippen LogP contribution is -1.88. The maximum atomic E-state index is 10.7. The number of carbonyl (C=O) groups is 1. The maximum Gasteiger partial charge on any atom is 0.151 e. The molecule has 4 heteroatoms. The largest absolute Gasteiger partial charge is 0.456 e. The Balaban J connectivity index is 2.31. The Labute approximate surface area is 119 Å². The molecule has 2 rings (SSSR count). The van der Waals surface area contributed by atoms with E-state index in [4.69, 9.17) is 16.3 Å². The molecule has 0 spiro atoms. The third-order valence-electron chi connectivity index (χ3n) is 2.41. The van der Waals surface area contributed by atoms with Crippen molar-refractivity contribution in [3.8, 4) is 11.5 Å². The lowest BCUT2D eigenvalue weighted by Gasteiger charge is -2.09. The smallest absolute Gasteiger partial charge is 0.151 e. The van der Waals surface area contributed by atoms with Crippen LogP contribution in [0.5, 0.6) is 11.5 Å². The van der Waals surface area contributed by atoms with Gasteiger partial charge in [0.15, 0.2) is 6.29 Å². The van der Waals surface area contributed by atoms with Crippen LogP contribution in [0.4, 0.5) is 0 Å². The van der Waals surface area contributed by atoms with Crippen LogP contribution in [0, 0.1) is 6.92 Å². The summed E-state index contributed by atoms with van der Waals surface area (Å²) in [7, 11) is 0. The minimum absolute atomic E-state index is 0.552. The van der Waals surface area contributed by atoms with Crippen LogP contribution in [0.3, 0.4) is 0 Å². The summed E-state index contributed by atoms with van der Waals surface area (Å²) in [6.07, 6.45) is 0.785. The van der Waals surface area contributed by atoms with Crippen LogP contribution in [0.2, 0.25) is 5.02 Å². The Morgan fingerprint density at radius 1 is 1.22 bits per heavy atom. The quantitative estimate of drug-likeness (QED) is 0.741. The first-order valence-corrected chi connectivity index (χ1v) is 6.46. The summed E-state index contributed by atoms with van der Waals surface area (Å²) in [5.41, 5.74) is 1.65. The monoisotopic (exact) mass is 324 g/mol. The molecular formula is C14H10BrClO2. The molecule has 0 aliphatic heterocycles. The number of carbonyl (C=O) groups excluding carboxylic acids is 1. The van der Waals surface area contributed by atoms with Crippen LogP contribution in [0.15, 0.2) is 40.9 Å². The minimum atomic E-state index is 0.552. The minimum Gasteiger partial charge on any atom is -0.456 e. The molecule has 2 nitrogen and oxygen atoms in total. The van der Waals surface area contributed by atoms with Crippen LogP contribution in [-0.2, 0) is 0 Å². The number of halogens is 2. The van der Waals surface area contributed by atoms with E-state index in [2.05, 4.69) is 15.9 Å². The van der Waals surface area contributed by atoms with Gasteiger partial charge in [-0.05, 0) is 58.7 Å². The van der Waals surface area contributed by atoms with Gasteiger partial charge in [0.2, 0.25) is 0 Å². The van der Waals surface area contributed by atoms with Crippen LogP contribution in [0.25, 0.3) is 0 Å². The highest BCUT2D eigenvalue weighted by Crippen LogP contribution is 2.31. The fourth-order valence-corrected chi connectivity index (χ4v) is 2.09. The van der Waals surface area contributed by atoms with Gasteiger partial charge in [0.05, 0.1) is 5.02 Å². The van der Waals surface area contributed by atoms with Crippen molar-refractivity contribution < 1.29 is 9.53 Å². The third-order valence-corrected chi connectivity index (χ3v) is 3.41. The molecule has 0 amide bonds. The molecule has 2 aromatic carbocycles. The van der Waals surface area contributed by atoms with Crippen molar-refractivity contribution in [2.75, 3.05) is 0 Å². The Kier molecular flexibility index (Phi) is 4.04. The van der Waals surface area contributed by atoms with E-state index in [1.807, 2.05) is 19.1 Å². The predicted octanol–water partition coefficient (Wildman–Crippen LogP) is 5.02. The second kappa shape index (κ2) is 5.55. The van der Waals surface area contributed by atoms with Crippen molar-refractivity contribution in [3.05, 3.63) is 57.0 Å². The fourth-order valence-electron chi connectivity index (χ4n) is 1.48. The van der Waals surface area contributed by atoms with Gasteiger partial charge in [0, 0.05) is 10.0 Å². The number of aldehydes is 1. The molecule has 0 aromatic heterocycles. The van der Waals surface area contributed by atoms with Crippen molar-refractivity contribution >= 4 is 33.8 Å². The van der Waals surface area contributed by atoms with Gasteiger partial charge in [0.25, 0.3) is 0 Å². The van der Waals surface area contributed by atoms with Crippen LogP contribution < -0.4 is 4.74 Å². The molecule has 92 valence electrons. The van der Waals surface area contributed by atoms with E-state index in [0.717, 1.165) is 11.8 Å². The van der Waals surface area contributed by atoms with E-state index in [1.165, 1.54) is 0 Å². The number of benzene rings is 2. The highest BCUT2D eigenvalue weighted by molar-refractivity contribution is 9.10. The second-order valence-electron chi connectivity index (χ2n) is 3.84. The predicted molar refractivity (Wildman–Crippen MR) is 75.8 cm³/mol. The number of aryl methyl sites for hydroxylation is 1. The molecule has 0 bridgehead atoms. The van der Waals surface area contributed by atoms with E-state index in [1.54, 1.807) is 24.3 Å². The van der Waals surface area contributed by atoms with Crippen molar-refractivity contribution in [2.24, 2.45) is 0 Å². The van der Waals surface area contributed by atoms with Gasteiger partial charge in [-0.2, -0.15) is 0 Å². The van der Waals surface area contributed by atoms with E-state index >= 15 is 0 Å². The number of hydrogen-bond donors (Lipinski definition) is 0. The van der Waals surface area contributed by atoms with Gasteiger partial charge in [-0.1, -0.05) is 17.7 Å². The lowest BCUT2D eigenvalue weighted by molar-refractivity contribution is 0.112. The molecule has 0 radical (unpaired) electrons. The zero-order chi connectivity index (χ0) is 13.1. The summed E-state index contributed by atoms with van der Waals surface area (Å²) in [5, 5.41) is 0.552. The highest BCUT2D eigenvalue weighted by atomic mass is 79.9.